The Morgan fingerprint density at radius 1 is 1.05 bits per heavy atom. The van der Waals surface area contributed by atoms with Gasteiger partial charge in [0.15, 0.2) is 0 Å². The minimum absolute atomic E-state index is 0.213. The number of nitrogens with zero attached hydrogens (tertiary/aromatic N) is 2. The number of rotatable bonds is 11. The maximum absolute atomic E-state index is 11.6. The van der Waals surface area contributed by atoms with E-state index in [1.807, 2.05) is 45.7 Å². The van der Waals surface area contributed by atoms with Crippen LogP contribution in [0.3, 0.4) is 0 Å². The third-order valence-corrected chi connectivity index (χ3v) is 4.02. The van der Waals surface area contributed by atoms with Crippen molar-refractivity contribution in [2.45, 2.75) is 25.8 Å². The first kappa shape index (κ1) is 18.4. The molecule has 21 heavy (non-hydrogen) atoms. The van der Waals surface area contributed by atoms with Gasteiger partial charge in [-0.2, -0.15) is 0 Å². The lowest BCUT2D eigenvalue weighted by Gasteiger charge is -2.24. The van der Waals surface area contributed by atoms with Crippen LogP contribution in [0.1, 0.15) is 19.3 Å². The molecule has 7 heteroatoms. The molecule has 1 N–H and O–H groups in total. The Bertz CT molecular complexity index is 429. The van der Waals surface area contributed by atoms with Crippen LogP contribution < -0.4 is 0 Å². The molecule has 6 nitrogen and oxygen atoms in total. The van der Waals surface area contributed by atoms with E-state index in [2.05, 4.69) is 4.57 Å². The third-order valence-electron chi connectivity index (χ3n) is 3.00. The van der Waals surface area contributed by atoms with Gasteiger partial charge < -0.3 is 13.9 Å². The fourth-order valence-electron chi connectivity index (χ4n) is 1.74. The molecule has 1 atom stereocenters. The maximum Gasteiger partial charge on any atom is 0.472 e. The average molecular weight is 319 g/mol. The second kappa shape index (κ2) is 8.71. The Labute approximate surface area is 127 Å². The van der Waals surface area contributed by atoms with Gasteiger partial charge in [0.25, 0.3) is 0 Å². The Kier molecular flexibility index (Phi) is 7.63. The number of unbranched alkanes of at least 4 members (excludes halogenated alkanes) is 2. The van der Waals surface area contributed by atoms with Crippen molar-refractivity contribution in [3.63, 3.8) is 0 Å². The lowest BCUT2D eigenvalue weighted by Crippen LogP contribution is -2.37. The minimum Gasteiger partial charge on any atom is -0.354 e. The van der Waals surface area contributed by atoms with E-state index >= 15 is 0 Å². The molecule has 0 spiro atoms. The van der Waals surface area contributed by atoms with Crippen molar-refractivity contribution in [2.24, 2.45) is 0 Å². The molecule has 122 valence electrons. The van der Waals surface area contributed by atoms with Crippen molar-refractivity contribution < 1.29 is 23.0 Å². The molecule has 1 unspecified atom stereocenters. The third kappa shape index (κ3) is 9.82. The summed E-state index contributed by atoms with van der Waals surface area (Å²) in [5, 5.41) is 0. The predicted molar refractivity (Wildman–Crippen MR) is 82.9 cm³/mol. The number of hydrogen-bond donors (Lipinski definition) is 1. The van der Waals surface area contributed by atoms with Crippen molar-refractivity contribution in [1.82, 2.24) is 4.57 Å². The summed E-state index contributed by atoms with van der Waals surface area (Å²) in [6.45, 7) is 2.09. The number of quaternary nitrogens is 1. The van der Waals surface area contributed by atoms with Gasteiger partial charge in [-0.05, 0) is 31.4 Å². The Morgan fingerprint density at radius 2 is 1.67 bits per heavy atom. The fraction of sp³-hybridized carbons (Fsp3) is 0.714. The quantitative estimate of drug-likeness (QED) is 0.387. The van der Waals surface area contributed by atoms with Crippen LogP contribution in [0.4, 0.5) is 0 Å². The summed E-state index contributed by atoms with van der Waals surface area (Å²) in [6, 6.07) is 4.00. The molecule has 0 radical (unpaired) electrons. The molecule has 0 aliphatic carbocycles. The summed E-state index contributed by atoms with van der Waals surface area (Å²) in [5.41, 5.74) is 0. The van der Waals surface area contributed by atoms with Gasteiger partial charge in [-0.15, -0.1) is 0 Å². The van der Waals surface area contributed by atoms with E-state index < -0.39 is 7.82 Å². The number of aromatic nitrogens is 1. The Balaban J connectivity index is 2.03. The van der Waals surface area contributed by atoms with E-state index in [9.17, 15) is 9.46 Å². The highest BCUT2D eigenvalue weighted by Crippen LogP contribution is 2.43. The standard InChI is InChI=1S/C14H27N2O4P/c1-16(2,3)12-14-20-21(17,18)19-13-8-4-5-9-15-10-6-7-11-15/h6-7,10-11H,4-5,8-9,12-14H2,1-3H3/p+1. The highest BCUT2D eigenvalue weighted by atomic mass is 31.2. The van der Waals surface area contributed by atoms with Crippen LogP contribution in [0.25, 0.3) is 0 Å². The van der Waals surface area contributed by atoms with Crippen LogP contribution >= 0.6 is 7.82 Å². The zero-order valence-corrected chi connectivity index (χ0v) is 14.2. The van der Waals surface area contributed by atoms with E-state index in [-0.39, 0.29) is 13.2 Å². The van der Waals surface area contributed by atoms with Gasteiger partial charge in [0.2, 0.25) is 0 Å². The molecule has 0 aromatic carbocycles. The molecule has 0 amide bonds. The summed E-state index contributed by atoms with van der Waals surface area (Å²) in [6.07, 6.45) is 6.79. The molecular weight excluding hydrogens is 291 g/mol. The molecule has 0 aliphatic rings. The molecule has 0 saturated carbocycles. The summed E-state index contributed by atoms with van der Waals surface area (Å²) in [4.78, 5) is 9.52. The number of phosphoric acid groups is 1. The van der Waals surface area contributed by atoms with Gasteiger partial charge in [-0.1, -0.05) is 0 Å². The number of hydrogen-bond acceptors (Lipinski definition) is 3. The first-order chi connectivity index (χ1) is 9.79. The van der Waals surface area contributed by atoms with Gasteiger partial charge in [0.1, 0.15) is 13.2 Å². The van der Waals surface area contributed by atoms with Gasteiger partial charge in [0, 0.05) is 18.9 Å². The number of likely N-dealkylation sites (N-methyl/N-ethyl adjacent to an activating group) is 1. The first-order valence-corrected chi connectivity index (χ1v) is 8.81. The van der Waals surface area contributed by atoms with Gasteiger partial charge in [-0.3, -0.25) is 9.05 Å². The van der Waals surface area contributed by atoms with Crippen LogP contribution in [0.5, 0.6) is 0 Å². The largest absolute Gasteiger partial charge is 0.472 e. The smallest absolute Gasteiger partial charge is 0.354 e. The Hall–Kier alpha value is -0.650. The van der Waals surface area contributed by atoms with Gasteiger partial charge in [0.05, 0.1) is 27.7 Å². The molecule has 0 bridgehead atoms. The summed E-state index contributed by atoms with van der Waals surface area (Å²) < 4.78 is 24.3. The average Bonchev–Trinajstić information content (AvgIpc) is 2.84. The molecule has 1 aromatic rings. The molecule has 1 rings (SSSR count). The summed E-state index contributed by atoms with van der Waals surface area (Å²) in [5.74, 6) is 0. The molecule has 1 aromatic heterocycles. The molecule has 0 fully saturated rings. The number of aryl methyl sites for hydroxylation is 1. The van der Waals surface area contributed by atoms with E-state index in [0.717, 1.165) is 25.8 Å². The highest BCUT2D eigenvalue weighted by molar-refractivity contribution is 7.47. The van der Waals surface area contributed by atoms with Crippen LogP contribution in [-0.2, 0) is 20.2 Å². The van der Waals surface area contributed by atoms with Crippen molar-refractivity contribution in [1.29, 1.82) is 0 Å². The second-order valence-electron chi connectivity index (χ2n) is 6.13. The van der Waals surface area contributed by atoms with E-state index in [4.69, 9.17) is 9.05 Å². The molecule has 1 heterocycles. The minimum atomic E-state index is -3.89. The van der Waals surface area contributed by atoms with Crippen LogP contribution in [0, 0.1) is 0 Å². The van der Waals surface area contributed by atoms with Gasteiger partial charge >= 0.3 is 7.82 Å². The van der Waals surface area contributed by atoms with Crippen molar-refractivity contribution in [2.75, 3.05) is 40.9 Å². The van der Waals surface area contributed by atoms with Crippen LogP contribution in [-0.4, -0.2) is 54.8 Å². The predicted octanol–water partition coefficient (Wildman–Crippen LogP) is 2.50. The summed E-state index contributed by atoms with van der Waals surface area (Å²) >= 11 is 0. The second-order valence-corrected chi connectivity index (χ2v) is 7.58. The monoisotopic (exact) mass is 319 g/mol. The highest BCUT2D eigenvalue weighted by Gasteiger charge is 2.21. The van der Waals surface area contributed by atoms with Crippen molar-refractivity contribution >= 4 is 7.82 Å². The summed E-state index contributed by atoms with van der Waals surface area (Å²) in [7, 11) is 2.10. The maximum atomic E-state index is 11.6. The van der Waals surface area contributed by atoms with Gasteiger partial charge in [-0.25, -0.2) is 4.57 Å². The molecular formula is C14H28N2O4P+. The normalized spacial score (nSPS) is 15.0. The van der Waals surface area contributed by atoms with E-state index in [1.54, 1.807) is 0 Å². The van der Waals surface area contributed by atoms with Crippen molar-refractivity contribution in [3.8, 4) is 0 Å². The fourth-order valence-corrected chi connectivity index (χ4v) is 2.49. The van der Waals surface area contributed by atoms with Crippen LogP contribution in [0.2, 0.25) is 0 Å². The number of phosphoric ester groups is 1. The zero-order valence-electron chi connectivity index (χ0n) is 13.3. The lowest BCUT2D eigenvalue weighted by atomic mass is 10.2. The lowest BCUT2D eigenvalue weighted by molar-refractivity contribution is -0.870. The first-order valence-electron chi connectivity index (χ1n) is 7.32. The zero-order chi connectivity index (χ0) is 15.8. The van der Waals surface area contributed by atoms with E-state index in [0.29, 0.717) is 11.0 Å². The molecule has 0 aliphatic heterocycles. The van der Waals surface area contributed by atoms with Crippen LogP contribution in [0.15, 0.2) is 24.5 Å². The molecule has 0 saturated heterocycles. The topological polar surface area (TPSA) is 60.7 Å². The Morgan fingerprint density at radius 3 is 2.29 bits per heavy atom. The van der Waals surface area contributed by atoms with Crippen molar-refractivity contribution in [3.05, 3.63) is 24.5 Å². The SMILES string of the molecule is C[N+](C)(C)CCOP(=O)(O)OCCCCCn1cccc1. The van der Waals surface area contributed by atoms with E-state index in [1.165, 1.54) is 0 Å².